The number of hydrogen-bond acceptors (Lipinski definition) is 7. The number of benzene rings is 1. The van der Waals surface area contributed by atoms with E-state index in [1.807, 2.05) is 47.3 Å². The van der Waals surface area contributed by atoms with Crippen LogP contribution >= 0.6 is 11.8 Å². The Bertz CT molecular complexity index is 952. The first-order valence-electron chi connectivity index (χ1n) is 8.04. The molecular weight excluding hydrogens is 348 g/mol. The van der Waals surface area contributed by atoms with Gasteiger partial charge in [0.15, 0.2) is 0 Å². The molecule has 8 nitrogen and oxygen atoms in total. The summed E-state index contributed by atoms with van der Waals surface area (Å²) >= 11 is 1.61. The Hall–Kier alpha value is -3.20. The van der Waals surface area contributed by atoms with Crippen molar-refractivity contribution in [2.45, 2.75) is 5.03 Å². The molecule has 0 amide bonds. The van der Waals surface area contributed by atoms with Gasteiger partial charge < -0.3 is 5.32 Å². The number of nitrogens with zero attached hydrogens (tertiary/aromatic N) is 6. The molecule has 0 saturated heterocycles. The summed E-state index contributed by atoms with van der Waals surface area (Å²) in [5.41, 5.74) is 2.78. The van der Waals surface area contributed by atoms with Crippen molar-refractivity contribution in [2.24, 2.45) is 0 Å². The van der Waals surface area contributed by atoms with Crippen molar-refractivity contribution in [3.05, 3.63) is 61.2 Å². The van der Waals surface area contributed by atoms with Crippen LogP contribution in [-0.2, 0) is 0 Å². The molecule has 0 saturated carbocycles. The number of nitrogens with one attached hydrogen (secondary N) is 2. The van der Waals surface area contributed by atoms with E-state index in [4.69, 9.17) is 0 Å². The maximum absolute atomic E-state index is 4.57. The van der Waals surface area contributed by atoms with E-state index in [-0.39, 0.29) is 0 Å². The minimum Gasteiger partial charge on any atom is -0.353 e. The largest absolute Gasteiger partial charge is 0.353 e. The van der Waals surface area contributed by atoms with Gasteiger partial charge in [-0.05, 0) is 18.2 Å². The summed E-state index contributed by atoms with van der Waals surface area (Å²) in [7, 11) is 0. The zero-order valence-corrected chi connectivity index (χ0v) is 14.6. The number of hydrogen-bond donors (Lipinski definition) is 2. The van der Waals surface area contributed by atoms with Crippen LogP contribution in [0.25, 0.3) is 16.9 Å². The number of aromatic nitrogens is 7. The number of para-hydroxylation sites is 1. The molecule has 26 heavy (non-hydrogen) atoms. The third-order valence-corrected chi connectivity index (χ3v) is 4.48. The molecule has 0 bridgehead atoms. The van der Waals surface area contributed by atoms with Gasteiger partial charge in [0.1, 0.15) is 5.03 Å². The molecule has 0 unspecified atom stereocenters. The van der Waals surface area contributed by atoms with E-state index in [2.05, 4.69) is 35.8 Å². The molecule has 4 rings (SSSR count). The molecule has 0 fully saturated rings. The lowest BCUT2D eigenvalue weighted by atomic mass is 10.2. The third kappa shape index (κ3) is 3.89. The molecule has 1 aromatic carbocycles. The molecule has 0 spiro atoms. The van der Waals surface area contributed by atoms with Gasteiger partial charge in [-0.2, -0.15) is 15.4 Å². The maximum atomic E-state index is 4.57. The molecule has 4 aromatic rings. The summed E-state index contributed by atoms with van der Waals surface area (Å²) < 4.78 is 1.83. The molecule has 0 aliphatic heterocycles. The third-order valence-electron chi connectivity index (χ3n) is 3.58. The van der Waals surface area contributed by atoms with Crippen LogP contribution in [0.2, 0.25) is 0 Å². The van der Waals surface area contributed by atoms with Gasteiger partial charge in [0.2, 0.25) is 5.95 Å². The fraction of sp³-hybridized carbons (Fsp3) is 0.118. The summed E-state index contributed by atoms with van der Waals surface area (Å²) in [5.74, 6) is 1.43. The highest BCUT2D eigenvalue weighted by Gasteiger charge is 2.06. The summed E-state index contributed by atoms with van der Waals surface area (Å²) in [6, 6.07) is 11.9. The van der Waals surface area contributed by atoms with Crippen molar-refractivity contribution in [1.29, 1.82) is 0 Å². The van der Waals surface area contributed by atoms with Crippen LogP contribution in [0.1, 0.15) is 0 Å². The minimum absolute atomic E-state index is 0.593. The first-order chi connectivity index (χ1) is 12.9. The molecule has 0 aliphatic carbocycles. The van der Waals surface area contributed by atoms with Crippen LogP contribution in [0.3, 0.4) is 0 Å². The lowest BCUT2D eigenvalue weighted by Crippen LogP contribution is -2.07. The molecule has 3 heterocycles. The van der Waals surface area contributed by atoms with Crippen molar-refractivity contribution >= 4 is 17.7 Å². The highest BCUT2D eigenvalue weighted by atomic mass is 32.2. The molecule has 130 valence electrons. The normalized spacial score (nSPS) is 10.8. The lowest BCUT2D eigenvalue weighted by Gasteiger charge is -2.05. The quantitative estimate of drug-likeness (QED) is 0.384. The summed E-state index contributed by atoms with van der Waals surface area (Å²) in [5, 5.41) is 18.9. The van der Waals surface area contributed by atoms with E-state index in [1.54, 1.807) is 30.4 Å². The molecule has 0 radical (unpaired) electrons. The van der Waals surface area contributed by atoms with Crippen LogP contribution in [0.15, 0.2) is 66.2 Å². The number of rotatable bonds is 7. The number of anilines is 1. The van der Waals surface area contributed by atoms with Crippen LogP contribution < -0.4 is 5.32 Å². The zero-order chi connectivity index (χ0) is 17.6. The number of thioether (sulfide) groups is 1. The monoisotopic (exact) mass is 364 g/mol. The van der Waals surface area contributed by atoms with Crippen molar-refractivity contribution in [2.75, 3.05) is 17.6 Å². The predicted molar refractivity (Wildman–Crippen MR) is 100 cm³/mol. The van der Waals surface area contributed by atoms with E-state index < -0.39 is 0 Å². The Labute approximate surface area is 154 Å². The minimum atomic E-state index is 0.593. The standard InChI is InChI=1S/C17H16N8S/c1-2-4-14(5-3-1)25-12-13(10-21-25)15-6-7-18-17(22-15)19-8-9-26-16-11-20-24-23-16/h1-7,10-12H,8-9H2,(H,18,19,22)(H,20,23,24). The Morgan fingerprint density at radius 2 is 2.04 bits per heavy atom. The van der Waals surface area contributed by atoms with E-state index in [0.29, 0.717) is 5.95 Å². The Balaban J connectivity index is 1.40. The van der Waals surface area contributed by atoms with Gasteiger partial charge in [-0.3, -0.25) is 0 Å². The predicted octanol–water partition coefficient (Wildman–Crippen LogP) is 2.65. The Morgan fingerprint density at radius 3 is 2.88 bits per heavy atom. The van der Waals surface area contributed by atoms with Gasteiger partial charge in [0.05, 0.1) is 23.8 Å². The molecule has 0 atom stereocenters. The fourth-order valence-electron chi connectivity index (χ4n) is 2.36. The second-order valence-electron chi connectivity index (χ2n) is 5.36. The van der Waals surface area contributed by atoms with Gasteiger partial charge in [0, 0.05) is 30.3 Å². The van der Waals surface area contributed by atoms with Gasteiger partial charge in [-0.15, -0.1) is 16.9 Å². The Morgan fingerprint density at radius 1 is 1.12 bits per heavy atom. The van der Waals surface area contributed by atoms with Crippen LogP contribution in [-0.4, -0.2) is 47.5 Å². The zero-order valence-electron chi connectivity index (χ0n) is 13.8. The van der Waals surface area contributed by atoms with Crippen molar-refractivity contribution in [3.63, 3.8) is 0 Å². The second-order valence-corrected chi connectivity index (χ2v) is 6.47. The summed E-state index contributed by atoms with van der Waals surface area (Å²) in [6.45, 7) is 0.726. The topological polar surface area (TPSA) is 97.2 Å². The van der Waals surface area contributed by atoms with Gasteiger partial charge in [-0.25, -0.2) is 14.6 Å². The molecule has 3 aromatic heterocycles. The fourth-order valence-corrected chi connectivity index (χ4v) is 3.01. The van der Waals surface area contributed by atoms with Crippen LogP contribution in [0.5, 0.6) is 0 Å². The molecule has 0 aliphatic rings. The van der Waals surface area contributed by atoms with Crippen molar-refractivity contribution < 1.29 is 0 Å². The highest BCUT2D eigenvalue weighted by molar-refractivity contribution is 7.99. The Kier molecular flexibility index (Phi) is 4.88. The molecule has 2 N–H and O–H groups in total. The van der Waals surface area contributed by atoms with E-state index in [9.17, 15) is 0 Å². The lowest BCUT2D eigenvalue weighted by molar-refractivity contribution is 0.880. The molecular formula is C17H16N8S. The smallest absolute Gasteiger partial charge is 0.223 e. The second kappa shape index (κ2) is 7.79. The maximum Gasteiger partial charge on any atom is 0.223 e. The van der Waals surface area contributed by atoms with Crippen molar-refractivity contribution in [3.8, 4) is 16.9 Å². The average molecular weight is 364 g/mol. The van der Waals surface area contributed by atoms with E-state index in [1.165, 1.54) is 0 Å². The van der Waals surface area contributed by atoms with E-state index in [0.717, 1.165) is 34.3 Å². The van der Waals surface area contributed by atoms with Crippen LogP contribution in [0.4, 0.5) is 5.95 Å². The SMILES string of the molecule is c1ccc(-n2cc(-c3ccnc(NCCSc4cn[nH]n4)n3)cn2)cc1. The highest BCUT2D eigenvalue weighted by Crippen LogP contribution is 2.19. The van der Waals surface area contributed by atoms with E-state index >= 15 is 0 Å². The first-order valence-corrected chi connectivity index (χ1v) is 9.03. The molecule has 9 heteroatoms. The number of aromatic amines is 1. The summed E-state index contributed by atoms with van der Waals surface area (Å²) in [6.07, 6.45) is 7.21. The van der Waals surface area contributed by atoms with Gasteiger partial charge in [0.25, 0.3) is 0 Å². The van der Waals surface area contributed by atoms with Crippen LogP contribution in [0, 0.1) is 0 Å². The summed E-state index contributed by atoms with van der Waals surface area (Å²) in [4.78, 5) is 8.84. The van der Waals surface area contributed by atoms with Gasteiger partial charge >= 0.3 is 0 Å². The van der Waals surface area contributed by atoms with Crippen molar-refractivity contribution in [1.82, 2.24) is 35.2 Å². The number of H-pyrrole nitrogens is 1. The average Bonchev–Trinajstić information content (AvgIpc) is 3.38. The van der Waals surface area contributed by atoms with Gasteiger partial charge in [-0.1, -0.05) is 18.2 Å². The first kappa shape index (κ1) is 16.3.